The Morgan fingerprint density at radius 2 is 0.900 bits per heavy atom. The first-order valence-electron chi connectivity index (χ1n) is 9.60. The lowest BCUT2D eigenvalue weighted by atomic mass is 9.98. The van der Waals surface area contributed by atoms with Gasteiger partial charge in [0.05, 0.1) is 13.2 Å². The first-order chi connectivity index (χ1) is 13.8. The normalized spacial score (nSPS) is 42.0. The fourth-order valence-electron chi connectivity index (χ4n) is 3.27. The number of hydrogen-bond acceptors (Lipinski definition) is 13. The Labute approximate surface area is 180 Å². The summed E-state index contributed by atoms with van der Waals surface area (Å²) in [5, 5.41) is 85.8. The standard InChI is InChI=1S/C16H33N3O10.ClH/c20-5-7-9(22)11(24)13(26)15(28-7)18-3-1-17-2-4-19-16-14(27)12(25)10(23)8(6-21)29-16;/h7-27H,1-6H2;1H. The molecule has 0 amide bonds. The van der Waals surface area contributed by atoms with Crippen LogP contribution >= 0.6 is 12.4 Å². The van der Waals surface area contributed by atoms with Crippen LogP contribution in [0.1, 0.15) is 0 Å². The lowest BCUT2D eigenvalue weighted by Crippen LogP contribution is -2.63. The maximum atomic E-state index is 9.91. The van der Waals surface area contributed by atoms with E-state index in [2.05, 4.69) is 16.0 Å². The predicted octanol–water partition coefficient (Wildman–Crippen LogP) is -6.22. The van der Waals surface area contributed by atoms with Crippen LogP contribution in [0, 0.1) is 0 Å². The summed E-state index contributed by atoms with van der Waals surface area (Å²) in [4.78, 5) is 0. The van der Waals surface area contributed by atoms with E-state index in [1.54, 1.807) is 0 Å². The van der Waals surface area contributed by atoms with Crippen molar-refractivity contribution in [1.82, 2.24) is 16.0 Å². The second kappa shape index (κ2) is 13.3. The number of aliphatic hydroxyl groups excluding tert-OH is 8. The number of halogens is 1. The second-order valence-corrected chi connectivity index (χ2v) is 7.16. The molecule has 180 valence electrons. The SMILES string of the molecule is Cl.OCC1OC(NCCNCCNC2OC(CO)C(O)C(O)C2O)C(O)C(O)C1O. The van der Waals surface area contributed by atoms with Crippen molar-refractivity contribution in [3.63, 3.8) is 0 Å². The van der Waals surface area contributed by atoms with Crippen LogP contribution < -0.4 is 16.0 Å². The molecule has 10 unspecified atom stereocenters. The molecule has 11 N–H and O–H groups in total. The third-order valence-corrected chi connectivity index (χ3v) is 5.08. The molecule has 2 fully saturated rings. The van der Waals surface area contributed by atoms with Gasteiger partial charge in [0.2, 0.25) is 0 Å². The maximum Gasteiger partial charge on any atom is 0.137 e. The van der Waals surface area contributed by atoms with E-state index in [0.717, 1.165) is 0 Å². The Bertz CT molecular complexity index is 441. The maximum absolute atomic E-state index is 9.91. The van der Waals surface area contributed by atoms with Crippen molar-refractivity contribution in [2.75, 3.05) is 39.4 Å². The highest BCUT2D eigenvalue weighted by molar-refractivity contribution is 5.85. The molecule has 0 spiro atoms. The first kappa shape index (κ1) is 27.8. The minimum atomic E-state index is -1.44. The predicted molar refractivity (Wildman–Crippen MR) is 104 cm³/mol. The second-order valence-electron chi connectivity index (χ2n) is 7.16. The quantitative estimate of drug-likeness (QED) is 0.136. The molecular weight excluding hydrogens is 430 g/mol. The minimum Gasteiger partial charge on any atom is -0.394 e. The van der Waals surface area contributed by atoms with E-state index in [4.69, 9.17) is 19.7 Å². The van der Waals surface area contributed by atoms with Crippen molar-refractivity contribution in [1.29, 1.82) is 0 Å². The van der Waals surface area contributed by atoms with E-state index in [1.165, 1.54) is 0 Å². The molecule has 30 heavy (non-hydrogen) atoms. The van der Waals surface area contributed by atoms with Crippen LogP contribution in [0.15, 0.2) is 0 Å². The zero-order valence-corrected chi connectivity index (χ0v) is 17.1. The summed E-state index contributed by atoms with van der Waals surface area (Å²) in [5.41, 5.74) is 0. The fourth-order valence-corrected chi connectivity index (χ4v) is 3.27. The van der Waals surface area contributed by atoms with Gasteiger partial charge in [0.25, 0.3) is 0 Å². The van der Waals surface area contributed by atoms with Crippen molar-refractivity contribution < 1.29 is 50.3 Å². The number of rotatable bonds is 10. The van der Waals surface area contributed by atoms with Crippen molar-refractivity contribution in [2.24, 2.45) is 0 Å². The lowest BCUT2D eigenvalue weighted by Gasteiger charge is -2.40. The van der Waals surface area contributed by atoms with Gasteiger partial charge in [-0.1, -0.05) is 0 Å². The van der Waals surface area contributed by atoms with Crippen LogP contribution in [-0.4, -0.2) is 142 Å². The van der Waals surface area contributed by atoms with E-state index in [-0.39, 0.29) is 12.4 Å². The summed E-state index contributed by atoms with van der Waals surface area (Å²) in [6.07, 6.45) is -12.2. The van der Waals surface area contributed by atoms with Gasteiger partial charge in [-0.2, -0.15) is 0 Å². The van der Waals surface area contributed by atoms with E-state index in [0.29, 0.717) is 26.2 Å². The largest absolute Gasteiger partial charge is 0.394 e. The highest BCUT2D eigenvalue weighted by atomic mass is 35.5. The first-order valence-corrected chi connectivity index (χ1v) is 9.60. The van der Waals surface area contributed by atoms with Crippen LogP contribution in [0.5, 0.6) is 0 Å². The molecule has 0 bridgehead atoms. The van der Waals surface area contributed by atoms with Crippen molar-refractivity contribution in [3.8, 4) is 0 Å². The zero-order valence-electron chi connectivity index (χ0n) is 16.3. The van der Waals surface area contributed by atoms with Crippen molar-refractivity contribution >= 4 is 12.4 Å². The van der Waals surface area contributed by atoms with Gasteiger partial charge < -0.3 is 55.6 Å². The third-order valence-electron chi connectivity index (χ3n) is 5.08. The number of aliphatic hydroxyl groups is 8. The van der Waals surface area contributed by atoms with E-state index in [1.807, 2.05) is 0 Å². The summed E-state index contributed by atoms with van der Waals surface area (Å²) in [6, 6.07) is 0. The van der Waals surface area contributed by atoms with Crippen LogP contribution in [0.3, 0.4) is 0 Å². The monoisotopic (exact) mass is 463 g/mol. The van der Waals surface area contributed by atoms with Crippen LogP contribution in [0.25, 0.3) is 0 Å². The molecule has 0 aromatic rings. The molecule has 2 heterocycles. The summed E-state index contributed by atoms with van der Waals surface area (Å²) in [6.45, 7) is 0.609. The molecule has 0 aromatic carbocycles. The molecule has 0 aromatic heterocycles. The van der Waals surface area contributed by atoms with Gasteiger partial charge in [0.15, 0.2) is 0 Å². The van der Waals surface area contributed by atoms with Gasteiger partial charge in [0, 0.05) is 26.2 Å². The molecular formula is C16H34ClN3O10. The number of nitrogens with one attached hydrogen (secondary N) is 3. The van der Waals surface area contributed by atoms with E-state index in [9.17, 15) is 30.6 Å². The average Bonchev–Trinajstić information content (AvgIpc) is 2.72. The summed E-state index contributed by atoms with van der Waals surface area (Å²) in [7, 11) is 0. The smallest absolute Gasteiger partial charge is 0.137 e. The van der Waals surface area contributed by atoms with Gasteiger partial charge in [-0.15, -0.1) is 12.4 Å². The van der Waals surface area contributed by atoms with E-state index < -0.39 is 74.5 Å². The van der Waals surface area contributed by atoms with Crippen LogP contribution in [-0.2, 0) is 9.47 Å². The molecule has 0 saturated carbocycles. The lowest BCUT2D eigenvalue weighted by molar-refractivity contribution is -0.236. The highest BCUT2D eigenvalue weighted by Gasteiger charge is 2.44. The van der Waals surface area contributed by atoms with E-state index >= 15 is 0 Å². The molecule has 0 radical (unpaired) electrons. The summed E-state index contributed by atoms with van der Waals surface area (Å²) in [5.74, 6) is 0. The van der Waals surface area contributed by atoms with Crippen molar-refractivity contribution in [2.45, 2.75) is 61.3 Å². The highest BCUT2D eigenvalue weighted by Crippen LogP contribution is 2.20. The number of hydrogen-bond donors (Lipinski definition) is 11. The molecule has 2 rings (SSSR count). The Balaban J connectivity index is 0.00000450. The van der Waals surface area contributed by atoms with Gasteiger partial charge >= 0.3 is 0 Å². The number of ether oxygens (including phenoxy) is 2. The Kier molecular flexibility index (Phi) is 12.4. The summed E-state index contributed by atoms with van der Waals surface area (Å²) >= 11 is 0. The zero-order chi connectivity index (χ0) is 21.6. The molecule has 0 aliphatic carbocycles. The Morgan fingerprint density at radius 3 is 1.23 bits per heavy atom. The fraction of sp³-hybridized carbons (Fsp3) is 1.00. The Morgan fingerprint density at radius 1 is 0.533 bits per heavy atom. The molecule has 14 heteroatoms. The van der Waals surface area contributed by atoms with Gasteiger partial charge in [-0.25, -0.2) is 0 Å². The van der Waals surface area contributed by atoms with Crippen LogP contribution in [0.2, 0.25) is 0 Å². The molecule has 2 saturated heterocycles. The average molecular weight is 464 g/mol. The molecule has 10 atom stereocenters. The Hall–Kier alpha value is -0.230. The molecule has 13 nitrogen and oxygen atoms in total. The van der Waals surface area contributed by atoms with Crippen molar-refractivity contribution in [3.05, 3.63) is 0 Å². The third kappa shape index (κ3) is 6.88. The molecule has 2 aliphatic rings. The van der Waals surface area contributed by atoms with Gasteiger partial charge in [-0.3, -0.25) is 10.6 Å². The van der Waals surface area contributed by atoms with Crippen LogP contribution in [0.4, 0.5) is 0 Å². The van der Waals surface area contributed by atoms with Gasteiger partial charge in [0.1, 0.15) is 61.3 Å². The van der Waals surface area contributed by atoms with Gasteiger partial charge in [-0.05, 0) is 0 Å². The molecule has 2 aliphatic heterocycles. The minimum absolute atomic E-state index is 0. The summed E-state index contributed by atoms with van der Waals surface area (Å²) < 4.78 is 10.6. The topological polar surface area (TPSA) is 216 Å².